The SMILES string of the molecule is COC(=O)CN(C)c1ccc(C(=O)O)cc1C(=O)CC(=O)OC(C)(C)C. The lowest BCUT2D eigenvalue weighted by Gasteiger charge is -2.22. The monoisotopic (exact) mass is 365 g/mol. The minimum atomic E-state index is -1.21. The molecule has 0 fully saturated rings. The first-order chi connectivity index (χ1) is 11.9. The van der Waals surface area contributed by atoms with Gasteiger partial charge in [-0.25, -0.2) is 4.79 Å². The van der Waals surface area contributed by atoms with Crippen molar-refractivity contribution in [2.24, 2.45) is 0 Å². The van der Waals surface area contributed by atoms with Crippen LogP contribution in [0.1, 0.15) is 47.9 Å². The Kier molecular flexibility index (Phi) is 6.88. The molecule has 26 heavy (non-hydrogen) atoms. The molecule has 1 rings (SSSR count). The molecule has 0 heterocycles. The molecule has 0 bridgehead atoms. The average Bonchev–Trinajstić information content (AvgIpc) is 2.51. The lowest BCUT2D eigenvalue weighted by atomic mass is 10.0. The number of ether oxygens (including phenoxy) is 2. The molecular formula is C18H23NO7. The van der Waals surface area contributed by atoms with Crippen molar-refractivity contribution in [3.8, 4) is 0 Å². The zero-order valence-electron chi connectivity index (χ0n) is 15.5. The van der Waals surface area contributed by atoms with E-state index in [4.69, 9.17) is 9.84 Å². The third-order valence-corrected chi connectivity index (χ3v) is 3.27. The van der Waals surface area contributed by atoms with E-state index in [2.05, 4.69) is 4.74 Å². The van der Waals surface area contributed by atoms with Crippen LogP contribution in [-0.4, -0.2) is 55.1 Å². The molecule has 0 atom stereocenters. The smallest absolute Gasteiger partial charge is 0.335 e. The Bertz CT molecular complexity index is 719. The van der Waals surface area contributed by atoms with Crippen LogP contribution in [0.4, 0.5) is 5.69 Å². The first kappa shape index (κ1) is 21.1. The van der Waals surface area contributed by atoms with E-state index < -0.39 is 35.7 Å². The van der Waals surface area contributed by atoms with Gasteiger partial charge in [-0.1, -0.05) is 0 Å². The van der Waals surface area contributed by atoms with Crippen LogP contribution in [0.25, 0.3) is 0 Å². The topological polar surface area (TPSA) is 110 Å². The summed E-state index contributed by atoms with van der Waals surface area (Å²) in [5.41, 5.74) is -0.519. The van der Waals surface area contributed by atoms with Crippen LogP contribution >= 0.6 is 0 Å². The Morgan fingerprint density at radius 2 is 1.73 bits per heavy atom. The van der Waals surface area contributed by atoms with Gasteiger partial charge in [0.2, 0.25) is 0 Å². The van der Waals surface area contributed by atoms with Crippen molar-refractivity contribution in [2.75, 3.05) is 25.6 Å². The van der Waals surface area contributed by atoms with Gasteiger partial charge in [0, 0.05) is 18.3 Å². The second kappa shape index (κ2) is 8.46. The number of carboxylic acids is 1. The zero-order chi connectivity index (χ0) is 20.1. The van der Waals surface area contributed by atoms with Gasteiger partial charge in [-0.3, -0.25) is 14.4 Å². The maximum atomic E-state index is 12.6. The van der Waals surface area contributed by atoms with E-state index in [-0.39, 0.29) is 17.7 Å². The van der Waals surface area contributed by atoms with Gasteiger partial charge >= 0.3 is 17.9 Å². The van der Waals surface area contributed by atoms with Crippen molar-refractivity contribution in [1.82, 2.24) is 0 Å². The van der Waals surface area contributed by atoms with Crippen LogP contribution in [0.5, 0.6) is 0 Å². The van der Waals surface area contributed by atoms with Crippen molar-refractivity contribution in [2.45, 2.75) is 32.8 Å². The molecule has 1 aromatic carbocycles. The van der Waals surface area contributed by atoms with E-state index in [1.54, 1.807) is 27.8 Å². The van der Waals surface area contributed by atoms with Crippen LogP contribution in [0.2, 0.25) is 0 Å². The van der Waals surface area contributed by atoms with Crippen molar-refractivity contribution < 1.29 is 33.8 Å². The minimum absolute atomic E-state index is 0.0159. The number of likely N-dealkylation sites (N-methyl/N-ethyl adjacent to an activating group) is 1. The fourth-order valence-electron chi connectivity index (χ4n) is 2.17. The standard InChI is InChI=1S/C18H23NO7/c1-18(2,3)26-15(21)9-14(20)12-8-11(17(23)24)6-7-13(12)19(4)10-16(22)25-5/h6-8H,9-10H2,1-5H3,(H,23,24). The highest BCUT2D eigenvalue weighted by atomic mass is 16.6. The number of aromatic carboxylic acids is 1. The molecule has 0 aliphatic heterocycles. The highest BCUT2D eigenvalue weighted by Crippen LogP contribution is 2.23. The molecule has 1 N–H and O–H groups in total. The van der Waals surface area contributed by atoms with Crippen LogP contribution in [0.3, 0.4) is 0 Å². The Morgan fingerprint density at radius 1 is 1.12 bits per heavy atom. The van der Waals surface area contributed by atoms with Crippen molar-refractivity contribution in [1.29, 1.82) is 0 Å². The largest absolute Gasteiger partial charge is 0.478 e. The Hall–Kier alpha value is -2.90. The number of carbonyl (C=O) groups is 4. The number of nitrogens with zero attached hydrogens (tertiary/aromatic N) is 1. The molecule has 142 valence electrons. The highest BCUT2D eigenvalue weighted by Gasteiger charge is 2.24. The Balaban J connectivity index is 3.17. The van der Waals surface area contributed by atoms with Gasteiger partial charge in [0.05, 0.1) is 12.7 Å². The molecule has 0 aromatic heterocycles. The summed E-state index contributed by atoms with van der Waals surface area (Å²) >= 11 is 0. The van der Waals surface area contributed by atoms with Gasteiger partial charge in [0.1, 0.15) is 18.6 Å². The average molecular weight is 365 g/mol. The van der Waals surface area contributed by atoms with Crippen molar-refractivity contribution >= 4 is 29.4 Å². The Labute approximate surface area is 151 Å². The fraction of sp³-hybridized carbons (Fsp3) is 0.444. The first-order valence-corrected chi connectivity index (χ1v) is 7.85. The number of rotatable bonds is 7. The molecule has 0 saturated heterocycles. The van der Waals surface area contributed by atoms with E-state index in [1.807, 2.05) is 0 Å². The Morgan fingerprint density at radius 3 is 2.23 bits per heavy atom. The van der Waals surface area contributed by atoms with Gasteiger partial charge in [0.15, 0.2) is 5.78 Å². The number of carbonyl (C=O) groups excluding carboxylic acids is 3. The van der Waals surface area contributed by atoms with E-state index >= 15 is 0 Å². The van der Waals surface area contributed by atoms with Crippen molar-refractivity contribution in [3.63, 3.8) is 0 Å². The summed E-state index contributed by atoms with van der Waals surface area (Å²) < 4.78 is 9.72. The molecule has 8 heteroatoms. The lowest BCUT2D eigenvalue weighted by Crippen LogP contribution is -2.29. The number of anilines is 1. The number of hydrogen-bond donors (Lipinski definition) is 1. The fourth-order valence-corrected chi connectivity index (χ4v) is 2.17. The molecular weight excluding hydrogens is 342 g/mol. The van der Waals surface area contributed by atoms with Gasteiger partial charge < -0.3 is 19.5 Å². The van der Waals surface area contributed by atoms with Crippen LogP contribution in [0.15, 0.2) is 18.2 Å². The van der Waals surface area contributed by atoms with E-state index in [9.17, 15) is 19.2 Å². The summed E-state index contributed by atoms with van der Waals surface area (Å²) in [5, 5.41) is 9.15. The van der Waals surface area contributed by atoms with Crippen LogP contribution in [0, 0.1) is 0 Å². The summed E-state index contributed by atoms with van der Waals surface area (Å²) in [4.78, 5) is 48.6. The van der Waals surface area contributed by atoms with Crippen LogP contribution in [-0.2, 0) is 19.1 Å². The molecule has 0 amide bonds. The predicted octanol–water partition coefficient (Wildman–Crippen LogP) is 1.91. The minimum Gasteiger partial charge on any atom is -0.478 e. The normalized spacial score (nSPS) is 10.8. The number of Topliss-reactive ketones (excluding diaryl/α,β-unsaturated/α-hetero) is 1. The highest BCUT2D eigenvalue weighted by molar-refractivity contribution is 6.10. The summed E-state index contributed by atoms with van der Waals surface area (Å²) in [6.07, 6.45) is -0.542. The van der Waals surface area contributed by atoms with Gasteiger partial charge in [-0.15, -0.1) is 0 Å². The summed E-state index contributed by atoms with van der Waals surface area (Å²) in [6, 6.07) is 3.91. The molecule has 0 aliphatic carbocycles. The third kappa shape index (κ3) is 6.19. The summed E-state index contributed by atoms with van der Waals surface area (Å²) in [6.45, 7) is 4.89. The van der Waals surface area contributed by atoms with Crippen LogP contribution < -0.4 is 4.90 Å². The molecule has 1 aromatic rings. The number of esters is 2. The summed E-state index contributed by atoms with van der Waals surface area (Å²) in [7, 11) is 2.79. The molecule has 0 unspecified atom stereocenters. The van der Waals surface area contributed by atoms with Gasteiger partial charge in [-0.05, 0) is 39.0 Å². The number of methoxy groups -OCH3 is 1. The second-order valence-corrected chi connectivity index (χ2v) is 6.66. The number of carboxylic acid groups (broad SMARTS) is 1. The third-order valence-electron chi connectivity index (χ3n) is 3.27. The van der Waals surface area contributed by atoms with E-state index in [0.29, 0.717) is 5.69 Å². The molecule has 8 nitrogen and oxygen atoms in total. The number of benzene rings is 1. The maximum absolute atomic E-state index is 12.6. The number of hydrogen-bond acceptors (Lipinski definition) is 7. The van der Waals surface area contributed by atoms with Gasteiger partial charge in [-0.2, -0.15) is 0 Å². The predicted molar refractivity (Wildman–Crippen MR) is 93.5 cm³/mol. The van der Waals surface area contributed by atoms with E-state index in [1.165, 1.54) is 30.2 Å². The van der Waals surface area contributed by atoms with E-state index in [0.717, 1.165) is 0 Å². The zero-order valence-corrected chi connectivity index (χ0v) is 15.5. The summed E-state index contributed by atoms with van der Waals surface area (Å²) in [5.74, 6) is -3.06. The van der Waals surface area contributed by atoms with Gasteiger partial charge in [0.25, 0.3) is 0 Å². The molecule has 0 spiro atoms. The first-order valence-electron chi connectivity index (χ1n) is 7.85. The molecule has 0 radical (unpaired) electrons. The second-order valence-electron chi connectivity index (χ2n) is 6.66. The molecule has 0 saturated carbocycles. The lowest BCUT2D eigenvalue weighted by molar-refractivity contribution is -0.153. The maximum Gasteiger partial charge on any atom is 0.335 e. The quantitative estimate of drug-likeness (QED) is 0.443. The molecule has 0 aliphatic rings. The van der Waals surface area contributed by atoms with Crippen molar-refractivity contribution in [3.05, 3.63) is 29.3 Å². The number of ketones is 1.